The van der Waals surface area contributed by atoms with Crippen molar-refractivity contribution < 1.29 is 9.90 Å². The first-order valence-corrected chi connectivity index (χ1v) is 3.92. The van der Waals surface area contributed by atoms with Gasteiger partial charge >= 0.3 is 6.03 Å². The minimum absolute atomic E-state index is 0.251. The Morgan fingerprint density at radius 1 is 1.45 bits per heavy atom. The zero-order valence-corrected chi connectivity index (χ0v) is 6.49. The van der Waals surface area contributed by atoms with E-state index in [0.29, 0.717) is 19.5 Å². The van der Waals surface area contributed by atoms with E-state index >= 15 is 0 Å². The largest absolute Gasteiger partial charge is 0.393 e. The van der Waals surface area contributed by atoms with Crippen LogP contribution in [0.25, 0.3) is 0 Å². The van der Waals surface area contributed by atoms with Gasteiger partial charge in [0.25, 0.3) is 0 Å². The van der Waals surface area contributed by atoms with Crippen LogP contribution in [-0.4, -0.2) is 35.2 Å². The summed E-state index contributed by atoms with van der Waals surface area (Å²) >= 11 is 0. The molecule has 3 N–H and O–H groups in total. The van der Waals surface area contributed by atoms with Crippen molar-refractivity contribution in [1.29, 1.82) is 0 Å². The number of hydrogen-bond acceptors (Lipinski definition) is 2. The van der Waals surface area contributed by atoms with Crippen molar-refractivity contribution in [2.75, 3.05) is 13.1 Å². The predicted octanol–water partition coefficient (Wildman–Crippen LogP) is -0.0881. The number of likely N-dealkylation sites (tertiary alicyclic amines) is 1. The molecule has 2 amide bonds. The molecule has 0 spiro atoms. The summed E-state index contributed by atoms with van der Waals surface area (Å²) in [6.45, 7) is 1.28. The van der Waals surface area contributed by atoms with Gasteiger partial charge in [-0.1, -0.05) is 0 Å². The number of nitrogens with two attached hydrogens (primary N) is 1. The van der Waals surface area contributed by atoms with E-state index in [1.807, 2.05) is 0 Å². The molecular weight excluding hydrogens is 144 g/mol. The first kappa shape index (κ1) is 8.33. The molecule has 1 aliphatic rings. The van der Waals surface area contributed by atoms with Crippen LogP contribution < -0.4 is 5.73 Å². The van der Waals surface area contributed by atoms with Crippen LogP contribution in [0, 0.1) is 0 Å². The Bertz CT molecular complexity index is 149. The van der Waals surface area contributed by atoms with E-state index in [1.54, 1.807) is 4.90 Å². The van der Waals surface area contributed by atoms with E-state index in [-0.39, 0.29) is 12.1 Å². The fourth-order valence-corrected chi connectivity index (χ4v) is 1.30. The first-order valence-electron chi connectivity index (χ1n) is 3.92. The average molecular weight is 158 g/mol. The molecule has 0 radical (unpaired) electrons. The molecule has 0 saturated carbocycles. The van der Waals surface area contributed by atoms with Gasteiger partial charge in [-0.25, -0.2) is 4.79 Å². The standard InChI is InChI=1S/C7H14N2O2/c8-7(11)9-4-1-2-6(10)3-5-9/h6,10H,1-5H2,(H2,8,11). The van der Waals surface area contributed by atoms with Crippen LogP contribution in [0.5, 0.6) is 0 Å². The highest BCUT2D eigenvalue weighted by molar-refractivity contribution is 5.71. The van der Waals surface area contributed by atoms with Crippen molar-refractivity contribution in [2.24, 2.45) is 5.73 Å². The van der Waals surface area contributed by atoms with Gasteiger partial charge in [0.1, 0.15) is 0 Å². The van der Waals surface area contributed by atoms with Gasteiger partial charge in [0.15, 0.2) is 0 Å². The van der Waals surface area contributed by atoms with Gasteiger partial charge < -0.3 is 15.7 Å². The molecular formula is C7H14N2O2. The molecule has 0 aromatic carbocycles. The molecule has 1 unspecified atom stereocenters. The summed E-state index contributed by atoms with van der Waals surface area (Å²) in [7, 11) is 0. The van der Waals surface area contributed by atoms with Crippen molar-refractivity contribution in [2.45, 2.75) is 25.4 Å². The monoisotopic (exact) mass is 158 g/mol. The topological polar surface area (TPSA) is 66.6 Å². The SMILES string of the molecule is NC(=O)N1CCCC(O)CC1. The van der Waals surface area contributed by atoms with Crippen molar-refractivity contribution in [3.05, 3.63) is 0 Å². The van der Waals surface area contributed by atoms with Crippen molar-refractivity contribution in [3.8, 4) is 0 Å². The molecule has 1 fully saturated rings. The fraction of sp³-hybridized carbons (Fsp3) is 0.857. The van der Waals surface area contributed by atoms with Crippen molar-refractivity contribution in [3.63, 3.8) is 0 Å². The second kappa shape index (κ2) is 3.57. The molecule has 4 heteroatoms. The zero-order valence-electron chi connectivity index (χ0n) is 6.49. The van der Waals surface area contributed by atoms with Crippen LogP contribution in [0.3, 0.4) is 0 Å². The third-order valence-corrected chi connectivity index (χ3v) is 2.01. The molecule has 0 bridgehead atoms. The fourth-order valence-electron chi connectivity index (χ4n) is 1.30. The predicted molar refractivity (Wildman–Crippen MR) is 41.0 cm³/mol. The van der Waals surface area contributed by atoms with Gasteiger partial charge in [-0.05, 0) is 19.3 Å². The second-order valence-electron chi connectivity index (χ2n) is 2.91. The normalized spacial score (nSPS) is 26.3. The number of primary amides is 1. The van der Waals surface area contributed by atoms with Gasteiger partial charge in [-0.2, -0.15) is 0 Å². The summed E-state index contributed by atoms with van der Waals surface area (Å²) in [5.41, 5.74) is 5.09. The average Bonchev–Trinajstić information content (AvgIpc) is 2.13. The lowest BCUT2D eigenvalue weighted by atomic mass is 10.2. The van der Waals surface area contributed by atoms with Crippen LogP contribution in [0.2, 0.25) is 0 Å². The number of amides is 2. The maximum atomic E-state index is 10.7. The van der Waals surface area contributed by atoms with Crippen LogP contribution in [0.1, 0.15) is 19.3 Å². The Balaban J connectivity index is 2.40. The Morgan fingerprint density at radius 2 is 2.18 bits per heavy atom. The number of carbonyl (C=O) groups excluding carboxylic acids is 1. The number of nitrogens with zero attached hydrogens (tertiary/aromatic N) is 1. The van der Waals surface area contributed by atoms with Crippen molar-refractivity contribution >= 4 is 6.03 Å². The molecule has 1 heterocycles. The molecule has 0 aromatic heterocycles. The lowest BCUT2D eigenvalue weighted by molar-refractivity contribution is 0.156. The summed E-state index contributed by atoms with van der Waals surface area (Å²) < 4.78 is 0. The van der Waals surface area contributed by atoms with Crippen molar-refractivity contribution in [1.82, 2.24) is 4.90 Å². The summed E-state index contributed by atoms with van der Waals surface area (Å²) in [6, 6.07) is -0.376. The minimum atomic E-state index is -0.376. The maximum Gasteiger partial charge on any atom is 0.314 e. The molecule has 0 aliphatic carbocycles. The highest BCUT2D eigenvalue weighted by Gasteiger charge is 2.16. The Kier molecular flexibility index (Phi) is 2.70. The van der Waals surface area contributed by atoms with E-state index in [9.17, 15) is 9.90 Å². The molecule has 1 aliphatic heterocycles. The number of hydrogen-bond donors (Lipinski definition) is 2. The minimum Gasteiger partial charge on any atom is -0.393 e. The van der Waals surface area contributed by atoms with Crippen LogP contribution >= 0.6 is 0 Å². The lowest BCUT2D eigenvalue weighted by Crippen LogP contribution is -2.36. The van der Waals surface area contributed by atoms with E-state index in [1.165, 1.54) is 0 Å². The van der Waals surface area contributed by atoms with Gasteiger partial charge in [0.2, 0.25) is 0 Å². The number of aliphatic hydroxyl groups excluding tert-OH is 1. The smallest absolute Gasteiger partial charge is 0.314 e. The number of carbonyl (C=O) groups is 1. The Morgan fingerprint density at radius 3 is 2.82 bits per heavy atom. The molecule has 0 aromatic rings. The van der Waals surface area contributed by atoms with Gasteiger partial charge in [0, 0.05) is 13.1 Å². The summed E-state index contributed by atoms with van der Waals surface area (Å²) in [4.78, 5) is 12.3. The van der Waals surface area contributed by atoms with Gasteiger partial charge in [-0.15, -0.1) is 0 Å². The molecule has 11 heavy (non-hydrogen) atoms. The summed E-state index contributed by atoms with van der Waals surface area (Å²) in [6.07, 6.45) is 2.04. The highest BCUT2D eigenvalue weighted by Crippen LogP contribution is 2.09. The molecule has 1 saturated heterocycles. The quantitative estimate of drug-likeness (QED) is 0.517. The third kappa shape index (κ3) is 2.38. The lowest BCUT2D eigenvalue weighted by Gasteiger charge is -2.16. The summed E-state index contributed by atoms with van der Waals surface area (Å²) in [5.74, 6) is 0. The van der Waals surface area contributed by atoms with Crippen LogP contribution in [-0.2, 0) is 0 Å². The van der Waals surface area contributed by atoms with Gasteiger partial charge in [0.05, 0.1) is 6.10 Å². The third-order valence-electron chi connectivity index (χ3n) is 2.01. The summed E-state index contributed by atoms with van der Waals surface area (Å²) in [5, 5.41) is 9.21. The van der Waals surface area contributed by atoms with E-state index in [0.717, 1.165) is 12.8 Å². The number of urea groups is 1. The Hall–Kier alpha value is -0.770. The van der Waals surface area contributed by atoms with Crippen LogP contribution in [0.15, 0.2) is 0 Å². The van der Waals surface area contributed by atoms with Gasteiger partial charge in [-0.3, -0.25) is 0 Å². The first-order chi connectivity index (χ1) is 5.20. The highest BCUT2D eigenvalue weighted by atomic mass is 16.3. The van der Waals surface area contributed by atoms with E-state index in [4.69, 9.17) is 5.73 Å². The molecule has 1 rings (SSSR count). The zero-order chi connectivity index (χ0) is 8.27. The second-order valence-corrected chi connectivity index (χ2v) is 2.91. The number of rotatable bonds is 0. The van der Waals surface area contributed by atoms with E-state index in [2.05, 4.69) is 0 Å². The Labute approximate surface area is 66.0 Å². The maximum absolute atomic E-state index is 10.7. The van der Waals surface area contributed by atoms with Crippen LogP contribution in [0.4, 0.5) is 4.79 Å². The molecule has 4 nitrogen and oxygen atoms in total. The number of aliphatic hydroxyl groups is 1. The molecule has 1 atom stereocenters. The molecule has 64 valence electrons. The van der Waals surface area contributed by atoms with E-state index < -0.39 is 0 Å².